The van der Waals surface area contributed by atoms with E-state index in [2.05, 4.69) is 4.98 Å². The third kappa shape index (κ3) is 2.77. The first-order valence-electron chi connectivity index (χ1n) is 7.57. The van der Waals surface area contributed by atoms with Gasteiger partial charge in [0, 0.05) is 5.38 Å². The molecule has 0 fully saturated rings. The number of carbonyl (C=O) groups is 3. The van der Waals surface area contributed by atoms with Crippen molar-refractivity contribution in [1.82, 2.24) is 10.0 Å². The van der Waals surface area contributed by atoms with Gasteiger partial charge in [-0.1, -0.05) is 23.3 Å². The average Bonchev–Trinajstić information content (AvgIpc) is 3.22. The summed E-state index contributed by atoms with van der Waals surface area (Å²) in [6.07, 6.45) is 0. The van der Waals surface area contributed by atoms with Gasteiger partial charge in [-0.15, -0.1) is 11.3 Å². The number of hydrogen-bond donors (Lipinski definition) is 0. The van der Waals surface area contributed by atoms with E-state index in [1.807, 2.05) is 0 Å². The van der Waals surface area contributed by atoms with Crippen molar-refractivity contribution in [3.63, 3.8) is 0 Å². The number of amides is 2. The molecule has 3 aromatic rings. The summed E-state index contributed by atoms with van der Waals surface area (Å²) in [5.41, 5.74) is -0.429. The Labute approximate surface area is 154 Å². The Morgan fingerprint density at radius 3 is 2.15 bits per heavy atom. The molecule has 0 spiro atoms. The number of halogens is 2. The van der Waals surface area contributed by atoms with Gasteiger partial charge in [-0.25, -0.2) is 18.6 Å². The quantitative estimate of drug-likeness (QED) is 0.645. The van der Waals surface area contributed by atoms with Crippen LogP contribution in [0, 0.1) is 11.6 Å². The minimum absolute atomic E-state index is 0.0695. The van der Waals surface area contributed by atoms with Gasteiger partial charge in [0.1, 0.15) is 16.6 Å². The number of fused-ring (bicyclic) bond motifs is 1. The van der Waals surface area contributed by atoms with E-state index in [4.69, 9.17) is 4.84 Å². The van der Waals surface area contributed by atoms with E-state index in [0.717, 1.165) is 23.5 Å². The van der Waals surface area contributed by atoms with Crippen molar-refractivity contribution < 1.29 is 28.0 Å². The van der Waals surface area contributed by atoms with Gasteiger partial charge in [-0.2, -0.15) is 0 Å². The second-order valence-electron chi connectivity index (χ2n) is 5.46. The predicted octanol–water partition coefficient (Wildman–Crippen LogP) is 3.46. The largest absolute Gasteiger partial charge is 0.383 e. The molecule has 0 aliphatic carbocycles. The molecule has 9 heteroatoms. The van der Waals surface area contributed by atoms with Crippen LogP contribution < -0.4 is 0 Å². The molecule has 0 N–H and O–H groups in total. The summed E-state index contributed by atoms with van der Waals surface area (Å²) in [5.74, 6) is -4.31. The van der Waals surface area contributed by atoms with Crippen molar-refractivity contribution in [2.75, 3.05) is 0 Å². The number of hydroxylamine groups is 2. The lowest BCUT2D eigenvalue weighted by Gasteiger charge is -2.11. The Kier molecular flexibility index (Phi) is 4.00. The summed E-state index contributed by atoms with van der Waals surface area (Å²) < 4.78 is 27.7. The predicted molar refractivity (Wildman–Crippen MR) is 89.8 cm³/mol. The molecule has 2 heterocycles. The van der Waals surface area contributed by atoms with Crippen LogP contribution in [0.3, 0.4) is 0 Å². The van der Waals surface area contributed by atoms with Crippen molar-refractivity contribution >= 4 is 29.1 Å². The Bertz CT molecular complexity index is 1060. The van der Waals surface area contributed by atoms with Crippen LogP contribution in [0.4, 0.5) is 8.78 Å². The molecule has 1 aromatic heterocycles. The minimum atomic E-state index is -1.09. The molecular weight excluding hydrogens is 378 g/mol. The van der Waals surface area contributed by atoms with Gasteiger partial charge in [-0.05, 0) is 24.3 Å². The monoisotopic (exact) mass is 386 g/mol. The molecule has 1 aliphatic rings. The molecule has 2 amide bonds. The summed E-state index contributed by atoms with van der Waals surface area (Å²) in [7, 11) is 0. The van der Waals surface area contributed by atoms with Crippen LogP contribution >= 0.6 is 11.3 Å². The lowest BCUT2D eigenvalue weighted by Crippen LogP contribution is -2.32. The molecule has 0 saturated carbocycles. The fourth-order valence-corrected chi connectivity index (χ4v) is 3.40. The molecule has 2 aromatic carbocycles. The van der Waals surface area contributed by atoms with Gasteiger partial charge in [0.25, 0.3) is 11.8 Å². The number of nitrogens with zero attached hydrogens (tertiary/aromatic N) is 2. The Morgan fingerprint density at radius 2 is 1.56 bits per heavy atom. The smallest absolute Gasteiger partial charge is 0.322 e. The van der Waals surface area contributed by atoms with Crippen LogP contribution in [0.2, 0.25) is 0 Å². The fraction of sp³-hybridized carbons (Fsp3) is 0. The van der Waals surface area contributed by atoms with Crippen LogP contribution in [-0.2, 0) is 4.84 Å². The topological polar surface area (TPSA) is 76.6 Å². The Morgan fingerprint density at radius 1 is 0.963 bits per heavy atom. The van der Waals surface area contributed by atoms with Crippen molar-refractivity contribution in [1.29, 1.82) is 0 Å². The van der Waals surface area contributed by atoms with Crippen molar-refractivity contribution in [2.24, 2.45) is 0 Å². The first-order valence-corrected chi connectivity index (χ1v) is 8.45. The SMILES string of the molecule is O=C(ON1C(=O)c2ccccc2C1=O)c1csc(-c2c(F)cccc2F)n1. The second kappa shape index (κ2) is 6.36. The second-order valence-corrected chi connectivity index (χ2v) is 6.32. The zero-order valence-corrected chi connectivity index (χ0v) is 14.1. The van der Waals surface area contributed by atoms with Crippen LogP contribution in [0.5, 0.6) is 0 Å². The van der Waals surface area contributed by atoms with Crippen LogP contribution in [0.15, 0.2) is 47.8 Å². The summed E-state index contributed by atoms with van der Waals surface area (Å²) in [4.78, 5) is 45.4. The number of imide groups is 1. The number of benzene rings is 2. The summed E-state index contributed by atoms with van der Waals surface area (Å²) in [6.45, 7) is 0. The van der Waals surface area contributed by atoms with Gasteiger partial charge in [-0.3, -0.25) is 9.59 Å². The lowest BCUT2D eigenvalue weighted by molar-refractivity contribution is -0.0587. The summed E-state index contributed by atoms with van der Waals surface area (Å²) >= 11 is 0.826. The molecule has 1 aliphatic heterocycles. The van der Waals surface area contributed by atoms with Gasteiger partial charge in [0.15, 0.2) is 5.69 Å². The number of rotatable bonds is 3. The fourth-order valence-electron chi connectivity index (χ4n) is 2.56. The van der Waals surface area contributed by atoms with E-state index >= 15 is 0 Å². The zero-order valence-electron chi connectivity index (χ0n) is 13.3. The highest BCUT2D eigenvalue weighted by Crippen LogP contribution is 2.29. The van der Waals surface area contributed by atoms with Gasteiger partial charge in [0.2, 0.25) is 0 Å². The van der Waals surface area contributed by atoms with Crippen LogP contribution in [0.1, 0.15) is 31.2 Å². The number of carbonyl (C=O) groups excluding carboxylic acids is 3. The summed E-state index contributed by atoms with van der Waals surface area (Å²) in [5, 5.41) is 1.50. The van der Waals surface area contributed by atoms with E-state index in [9.17, 15) is 23.2 Å². The molecule has 134 valence electrons. The van der Waals surface area contributed by atoms with Gasteiger partial charge in [0.05, 0.1) is 16.7 Å². The first-order chi connectivity index (χ1) is 13.0. The maximum absolute atomic E-state index is 13.8. The number of aromatic nitrogens is 1. The number of hydrogen-bond acceptors (Lipinski definition) is 6. The third-order valence-corrected chi connectivity index (χ3v) is 4.68. The maximum atomic E-state index is 13.8. The first kappa shape index (κ1) is 17.0. The van der Waals surface area contributed by atoms with E-state index in [1.165, 1.54) is 23.6 Å². The van der Waals surface area contributed by atoms with Crippen LogP contribution in [0.25, 0.3) is 10.6 Å². The minimum Gasteiger partial charge on any atom is -0.322 e. The highest BCUT2D eigenvalue weighted by molar-refractivity contribution is 7.13. The average molecular weight is 386 g/mol. The molecule has 27 heavy (non-hydrogen) atoms. The molecule has 0 bridgehead atoms. The standard InChI is InChI=1S/C18H8F2N2O4S/c19-11-6-3-7-12(20)14(11)15-21-13(8-27-15)18(25)26-22-16(23)9-4-1-2-5-10(9)17(22)24/h1-8H. The zero-order chi connectivity index (χ0) is 19.1. The van der Waals surface area contributed by atoms with E-state index < -0.39 is 29.4 Å². The highest BCUT2D eigenvalue weighted by atomic mass is 32.1. The summed E-state index contributed by atoms with van der Waals surface area (Å²) in [6, 6.07) is 9.36. The molecule has 0 saturated heterocycles. The van der Waals surface area contributed by atoms with Crippen molar-refractivity contribution in [3.05, 3.63) is 76.3 Å². The molecule has 0 atom stereocenters. The Hall–Kier alpha value is -3.46. The van der Waals surface area contributed by atoms with E-state index in [1.54, 1.807) is 12.1 Å². The normalized spacial score (nSPS) is 13.0. The van der Waals surface area contributed by atoms with Crippen LogP contribution in [-0.4, -0.2) is 27.8 Å². The number of thiazole rings is 1. The molecule has 6 nitrogen and oxygen atoms in total. The van der Waals surface area contributed by atoms with E-state index in [-0.39, 0.29) is 27.4 Å². The molecule has 4 rings (SSSR count). The van der Waals surface area contributed by atoms with E-state index in [0.29, 0.717) is 5.06 Å². The van der Waals surface area contributed by atoms with Crippen molar-refractivity contribution in [2.45, 2.75) is 0 Å². The third-order valence-electron chi connectivity index (χ3n) is 3.82. The van der Waals surface area contributed by atoms with Gasteiger partial charge >= 0.3 is 5.97 Å². The molecule has 0 radical (unpaired) electrons. The molecular formula is C18H8F2N2O4S. The maximum Gasteiger partial charge on any atom is 0.383 e. The van der Waals surface area contributed by atoms with Crippen molar-refractivity contribution in [3.8, 4) is 10.6 Å². The van der Waals surface area contributed by atoms with Gasteiger partial charge < -0.3 is 4.84 Å². The highest BCUT2D eigenvalue weighted by Gasteiger charge is 2.39. The Balaban J connectivity index is 1.58. The lowest BCUT2D eigenvalue weighted by atomic mass is 10.1. The molecule has 0 unspecified atom stereocenters.